The fourth-order valence-electron chi connectivity index (χ4n) is 2.35. The highest BCUT2D eigenvalue weighted by molar-refractivity contribution is 5.90. The molecule has 0 radical (unpaired) electrons. The molecule has 8 heteroatoms. The van der Waals surface area contributed by atoms with Crippen LogP contribution in [-0.4, -0.2) is 64.9 Å². The molecule has 3 N–H and O–H groups in total. The molecule has 1 rings (SSSR count). The number of nitrogens with zero attached hydrogens (tertiary/aromatic N) is 1. The van der Waals surface area contributed by atoms with Crippen molar-refractivity contribution in [3.8, 4) is 0 Å². The first kappa shape index (κ1) is 17.2. The van der Waals surface area contributed by atoms with E-state index in [1.807, 2.05) is 0 Å². The van der Waals surface area contributed by atoms with E-state index in [2.05, 4.69) is 10.1 Å². The standard InChI is InChI=1S/C13H22N2O6/c1-7(8(2)16)10(14-13(20)21-3)11(17)15-6-4-5-9(15)12(18)19/h7-10,16H,4-6H2,1-3H3,(H,14,20)(H,18,19). The number of aliphatic hydroxyl groups is 1. The molecule has 1 saturated heterocycles. The molecule has 0 saturated carbocycles. The molecule has 1 aliphatic heterocycles. The summed E-state index contributed by atoms with van der Waals surface area (Å²) in [5.74, 6) is -2.16. The first-order chi connectivity index (χ1) is 9.79. The van der Waals surface area contributed by atoms with Crippen molar-refractivity contribution < 1.29 is 29.3 Å². The van der Waals surface area contributed by atoms with Crippen LogP contribution in [0.4, 0.5) is 4.79 Å². The Hall–Kier alpha value is -1.83. The summed E-state index contributed by atoms with van der Waals surface area (Å²) < 4.78 is 4.48. The van der Waals surface area contributed by atoms with Gasteiger partial charge in [0.15, 0.2) is 0 Å². The second-order valence-electron chi connectivity index (χ2n) is 5.24. The lowest BCUT2D eigenvalue weighted by molar-refractivity contribution is -0.149. The van der Waals surface area contributed by atoms with Gasteiger partial charge in [0.25, 0.3) is 0 Å². The van der Waals surface area contributed by atoms with Crippen LogP contribution in [0, 0.1) is 5.92 Å². The van der Waals surface area contributed by atoms with Crippen LogP contribution in [0.1, 0.15) is 26.7 Å². The summed E-state index contributed by atoms with van der Waals surface area (Å²) in [6, 6.07) is -1.92. The highest BCUT2D eigenvalue weighted by Gasteiger charge is 2.40. The van der Waals surface area contributed by atoms with Gasteiger partial charge in [-0.2, -0.15) is 0 Å². The van der Waals surface area contributed by atoms with Gasteiger partial charge in [-0.05, 0) is 19.8 Å². The molecule has 4 atom stereocenters. The Morgan fingerprint density at radius 3 is 2.43 bits per heavy atom. The van der Waals surface area contributed by atoms with E-state index in [0.29, 0.717) is 19.4 Å². The minimum absolute atomic E-state index is 0.321. The number of alkyl carbamates (subject to hydrolysis) is 1. The maximum Gasteiger partial charge on any atom is 0.407 e. The summed E-state index contributed by atoms with van der Waals surface area (Å²) in [6.45, 7) is 3.43. The fraction of sp³-hybridized carbons (Fsp3) is 0.769. The van der Waals surface area contributed by atoms with Crippen molar-refractivity contribution in [3.05, 3.63) is 0 Å². The molecule has 0 spiro atoms. The van der Waals surface area contributed by atoms with Gasteiger partial charge in [0.2, 0.25) is 5.91 Å². The normalized spacial score (nSPS) is 22.3. The third-order valence-electron chi connectivity index (χ3n) is 3.83. The number of hydrogen-bond donors (Lipinski definition) is 3. The molecular weight excluding hydrogens is 280 g/mol. The second-order valence-corrected chi connectivity index (χ2v) is 5.24. The van der Waals surface area contributed by atoms with Gasteiger partial charge >= 0.3 is 12.1 Å². The fourth-order valence-corrected chi connectivity index (χ4v) is 2.35. The molecule has 21 heavy (non-hydrogen) atoms. The lowest BCUT2D eigenvalue weighted by Crippen LogP contribution is -2.55. The van der Waals surface area contributed by atoms with E-state index in [9.17, 15) is 19.5 Å². The first-order valence-electron chi connectivity index (χ1n) is 6.85. The van der Waals surface area contributed by atoms with Crippen molar-refractivity contribution in [2.45, 2.75) is 44.9 Å². The van der Waals surface area contributed by atoms with E-state index in [4.69, 9.17) is 5.11 Å². The van der Waals surface area contributed by atoms with Crippen LogP contribution in [0.15, 0.2) is 0 Å². The Morgan fingerprint density at radius 1 is 1.33 bits per heavy atom. The molecule has 0 aliphatic carbocycles. The number of hydrogen-bond acceptors (Lipinski definition) is 5. The predicted molar refractivity (Wildman–Crippen MR) is 72.5 cm³/mol. The monoisotopic (exact) mass is 302 g/mol. The number of amides is 2. The molecule has 0 bridgehead atoms. The summed E-state index contributed by atoms with van der Waals surface area (Å²) in [5.41, 5.74) is 0. The van der Waals surface area contributed by atoms with Gasteiger partial charge in [0.1, 0.15) is 12.1 Å². The van der Waals surface area contributed by atoms with Crippen LogP contribution in [0.25, 0.3) is 0 Å². The largest absolute Gasteiger partial charge is 0.480 e. The molecule has 0 aromatic heterocycles. The number of aliphatic carboxylic acids is 1. The third kappa shape index (κ3) is 4.07. The average Bonchev–Trinajstić information content (AvgIpc) is 2.92. The minimum Gasteiger partial charge on any atom is -0.480 e. The second kappa shape index (κ2) is 7.26. The van der Waals surface area contributed by atoms with Crippen molar-refractivity contribution in [2.75, 3.05) is 13.7 Å². The molecule has 1 fully saturated rings. The number of carbonyl (C=O) groups excluding carboxylic acids is 2. The Bertz CT molecular complexity index is 411. The Kier molecular flexibility index (Phi) is 5.95. The van der Waals surface area contributed by atoms with Crippen molar-refractivity contribution in [1.82, 2.24) is 10.2 Å². The van der Waals surface area contributed by atoms with Crippen LogP contribution in [0.2, 0.25) is 0 Å². The topological polar surface area (TPSA) is 116 Å². The van der Waals surface area contributed by atoms with Gasteiger partial charge in [0, 0.05) is 12.5 Å². The van der Waals surface area contributed by atoms with Gasteiger partial charge < -0.3 is 25.2 Å². The van der Waals surface area contributed by atoms with Gasteiger partial charge in [-0.25, -0.2) is 9.59 Å². The van der Waals surface area contributed by atoms with Crippen LogP contribution in [0.5, 0.6) is 0 Å². The summed E-state index contributed by atoms with van der Waals surface area (Å²) in [4.78, 5) is 36.3. The van der Waals surface area contributed by atoms with Gasteiger partial charge in [-0.1, -0.05) is 6.92 Å². The van der Waals surface area contributed by atoms with E-state index < -0.39 is 42.1 Å². The summed E-state index contributed by atoms with van der Waals surface area (Å²) in [7, 11) is 1.17. The van der Waals surface area contributed by atoms with Crippen molar-refractivity contribution >= 4 is 18.0 Å². The lowest BCUT2D eigenvalue weighted by Gasteiger charge is -2.31. The molecule has 0 aromatic carbocycles. The van der Waals surface area contributed by atoms with Crippen molar-refractivity contribution in [1.29, 1.82) is 0 Å². The van der Waals surface area contributed by atoms with Gasteiger partial charge in [-0.15, -0.1) is 0 Å². The van der Waals surface area contributed by atoms with Gasteiger partial charge in [0.05, 0.1) is 13.2 Å². The average molecular weight is 302 g/mol. The summed E-state index contributed by atoms with van der Waals surface area (Å²) in [5, 5.41) is 21.2. The number of rotatable bonds is 5. The van der Waals surface area contributed by atoms with Crippen molar-refractivity contribution in [3.63, 3.8) is 0 Å². The molecule has 4 unspecified atom stereocenters. The quantitative estimate of drug-likeness (QED) is 0.648. The van der Waals surface area contributed by atoms with E-state index in [0.717, 1.165) is 0 Å². The van der Waals surface area contributed by atoms with E-state index in [1.165, 1.54) is 18.9 Å². The zero-order valence-electron chi connectivity index (χ0n) is 12.4. The molecule has 0 aromatic rings. The smallest absolute Gasteiger partial charge is 0.407 e. The van der Waals surface area contributed by atoms with Crippen LogP contribution in [-0.2, 0) is 14.3 Å². The molecule has 1 aliphatic rings. The number of likely N-dealkylation sites (tertiary alicyclic amines) is 1. The molecule has 8 nitrogen and oxygen atoms in total. The van der Waals surface area contributed by atoms with Crippen LogP contribution < -0.4 is 5.32 Å². The summed E-state index contributed by atoms with van der Waals surface area (Å²) >= 11 is 0. The molecule has 120 valence electrons. The van der Waals surface area contributed by atoms with E-state index in [-0.39, 0.29) is 0 Å². The highest BCUT2D eigenvalue weighted by atomic mass is 16.5. The Balaban J connectivity index is 2.93. The lowest BCUT2D eigenvalue weighted by atomic mass is 9.95. The number of methoxy groups -OCH3 is 1. The zero-order valence-corrected chi connectivity index (χ0v) is 12.4. The minimum atomic E-state index is -1.07. The first-order valence-corrected chi connectivity index (χ1v) is 6.85. The highest BCUT2D eigenvalue weighted by Crippen LogP contribution is 2.21. The maximum atomic E-state index is 12.5. The van der Waals surface area contributed by atoms with Crippen LogP contribution >= 0.6 is 0 Å². The van der Waals surface area contributed by atoms with Crippen molar-refractivity contribution in [2.24, 2.45) is 5.92 Å². The Morgan fingerprint density at radius 2 is 1.95 bits per heavy atom. The number of carboxylic acids is 1. The third-order valence-corrected chi connectivity index (χ3v) is 3.83. The van der Waals surface area contributed by atoms with Crippen LogP contribution in [0.3, 0.4) is 0 Å². The van der Waals surface area contributed by atoms with E-state index >= 15 is 0 Å². The number of carboxylic acid groups (broad SMARTS) is 1. The number of ether oxygens (including phenoxy) is 1. The number of nitrogens with one attached hydrogen (secondary N) is 1. The molecule has 2 amide bonds. The number of aliphatic hydroxyl groups excluding tert-OH is 1. The maximum absolute atomic E-state index is 12.5. The molecular formula is C13H22N2O6. The summed E-state index contributed by atoms with van der Waals surface area (Å²) in [6.07, 6.45) is -0.667. The SMILES string of the molecule is COC(=O)NC(C(=O)N1CCCC1C(=O)O)C(C)C(C)O. The zero-order chi connectivity index (χ0) is 16.2. The molecule has 1 heterocycles. The van der Waals surface area contributed by atoms with Gasteiger partial charge in [-0.3, -0.25) is 4.79 Å². The Labute approximate surface area is 123 Å². The number of carbonyl (C=O) groups is 3. The predicted octanol–water partition coefficient (Wildman–Crippen LogP) is -0.196. The van der Waals surface area contributed by atoms with E-state index in [1.54, 1.807) is 6.92 Å².